The Kier molecular flexibility index (Phi) is 14.2. The molecule has 0 unspecified atom stereocenters. The predicted octanol–water partition coefficient (Wildman–Crippen LogP) is 1.24. The van der Waals surface area contributed by atoms with Crippen molar-refractivity contribution in [3.8, 4) is 0 Å². The van der Waals surface area contributed by atoms with Gasteiger partial charge in [0.15, 0.2) is 0 Å². The summed E-state index contributed by atoms with van der Waals surface area (Å²) < 4.78 is 49.8. The normalized spacial score (nSPS) is 16.8. The summed E-state index contributed by atoms with van der Waals surface area (Å²) in [6.07, 6.45) is 6.96. The van der Waals surface area contributed by atoms with E-state index in [9.17, 15) is 18.0 Å². The third-order valence-corrected chi connectivity index (χ3v) is 9.89. The van der Waals surface area contributed by atoms with Crippen LogP contribution < -0.4 is 21.9 Å². The van der Waals surface area contributed by atoms with Crippen molar-refractivity contribution in [2.75, 3.05) is 83.5 Å². The second-order valence-corrected chi connectivity index (χ2v) is 13.3. The lowest BCUT2D eigenvalue weighted by Gasteiger charge is -2.31. The van der Waals surface area contributed by atoms with E-state index >= 15 is 0 Å². The molecule has 4 rings (SSSR count). The van der Waals surface area contributed by atoms with Gasteiger partial charge in [-0.3, -0.25) is 9.36 Å². The van der Waals surface area contributed by atoms with E-state index in [2.05, 4.69) is 20.4 Å². The summed E-state index contributed by atoms with van der Waals surface area (Å²) in [5.41, 5.74) is 5.47. The lowest BCUT2D eigenvalue weighted by atomic mass is 10.1. The van der Waals surface area contributed by atoms with Gasteiger partial charge < -0.3 is 35.3 Å². The number of sulfonamides is 1. The average Bonchev–Trinajstić information content (AvgIpc) is 3.55. The molecule has 16 heteroatoms. The number of piperidine rings is 1. The number of hydrogen-bond acceptors (Lipinski definition) is 12. The maximum atomic E-state index is 12.9. The van der Waals surface area contributed by atoms with E-state index in [4.69, 9.17) is 24.9 Å². The lowest BCUT2D eigenvalue weighted by Crippen LogP contribution is -2.43. The van der Waals surface area contributed by atoms with Gasteiger partial charge in [0.1, 0.15) is 12.3 Å². The molecule has 4 N–H and O–H groups in total. The molecule has 1 saturated carbocycles. The van der Waals surface area contributed by atoms with E-state index in [1.807, 2.05) is 4.57 Å². The number of nitrogens with zero attached hydrogens (tertiary/aromatic N) is 4. The fourth-order valence-corrected chi connectivity index (χ4v) is 7.14. The lowest BCUT2D eigenvalue weighted by molar-refractivity contribution is 0.00669. The number of ether oxygens (including phenoxy) is 4. The van der Waals surface area contributed by atoms with Gasteiger partial charge in [-0.15, -0.1) is 0 Å². The van der Waals surface area contributed by atoms with Gasteiger partial charge in [-0.2, -0.15) is 4.98 Å². The molecule has 2 aromatic heterocycles. The molecule has 45 heavy (non-hydrogen) atoms. The maximum absolute atomic E-state index is 12.9. The third kappa shape index (κ3) is 11.4. The molecule has 2 fully saturated rings. The summed E-state index contributed by atoms with van der Waals surface area (Å²) >= 11 is 0. The van der Waals surface area contributed by atoms with Crippen LogP contribution in [0.1, 0.15) is 51.0 Å². The van der Waals surface area contributed by atoms with Gasteiger partial charge in [-0.05, 0) is 44.7 Å². The molecule has 2 aliphatic rings. The highest BCUT2D eigenvalue weighted by Gasteiger charge is 2.28. The van der Waals surface area contributed by atoms with Crippen LogP contribution in [0.3, 0.4) is 0 Å². The minimum atomic E-state index is -3.34. The molecular formula is C29H47N7O8S. The molecule has 1 saturated heterocycles. The van der Waals surface area contributed by atoms with Crippen LogP contribution in [0.2, 0.25) is 0 Å². The van der Waals surface area contributed by atoms with Crippen LogP contribution in [0.5, 0.6) is 0 Å². The molecule has 15 nitrogen and oxygen atoms in total. The molecule has 0 bridgehead atoms. The van der Waals surface area contributed by atoms with E-state index in [-0.39, 0.29) is 36.6 Å². The number of anilines is 1. The number of hydrogen-bond donors (Lipinski definition) is 3. The van der Waals surface area contributed by atoms with Crippen LogP contribution in [0, 0.1) is 0 Å². The Bertz CT molecular complexity index is 1360. The number of rotatable bonds is 20. The van der Waals surface area contributed by atoms with E-state index in [1.54, 1.807) is 22.6 Å². The van der Waals surface area contributed by atoms with Crippen molar-refractivity contribution in [3.63, 3.8) is 0 Å². The van der Waals surface area contributed by atoms with Crippen LogP contribution >= 0.6 is 0 Å². The number of pyridine rings is 1. The first-order chi connectivity index (χ1) is 21.8. The van der Waals surface area contributed by atoms with Gasteiger partial charge in [0, 0.05) is 49.4 Å². The minimum absolute atomic E-state index is 0.0332. The van der Waals surface area contributed by atoms with Crippen LogP contribution in [-0.2, 0) is 29.0 Å². The fourth-order valence-electron chi connectivity index (χ4n) is 5.61. The molecule has 0 aromatic carbocycles. The summed E-state index contributed by atoms with van der Waals surface area (Å²) in [5, 5.41) is 7.43. The number of amides is 1. The number of carbonyl (C=O) groups is 1. The fraction of sp³-hybridized carbons (Fsp3) is 0.724. The second-order valence-electron chi connectivity index (χ2n) is 11.2. The van der Waals surface area contributed by atoms with Crippen molar-refractivity contribution in [3.05, 3.63) is 28.7 Å². The number of aromatic nitrogens is 3. The van der Waals surface area contributed by atoms with Crippen molar-refractivity contribution >= 4 is 33.1 Å². The van der Waals surface area contributed by atoms with E-state index in [0.29, 0.717) is 90.1 Å². The first-order valence-corrected chi connectivity index (χ1v) is 17.4. The Morgan fingerprint density at radius 1 is 0.933 bits per heavy atom. The number of fused-ring (bicyclic) bond motifs is 1. The van der Waals surface area contributed by atoms with Gasteiger partial charge in [0.2, 0.25) is 16.0 Å². The SMILES string of the molecule is NC(=O)OCCOCCOCCOCCNCCCS(=O)(=O)N1CCC(Nc2ncc3ccc(=O)n(C4CCCC4)c3n2)CC1. The smallest absolute Gasteiger partial charge is 0.404 e. The number of nitrogens with one attached hydrogen (secondary N) is 2. The van der Waals surface area contributed by atoms with Gasteiger partial charge in [0.05, 0.1) is 45.4 Å². The van der Waals surface area contributed by atoms with Gasteiger partial charge in [-0.1, -0.05) is 12.8 Å². The largest absolute Gasteiger partial charge is 0.447 e. The van der Waals surface area contributed by atoms with Crippen LogP contribution in [-0.4, -0.2) is 118 Å². The van der Waals surface area contributed by atoms with E-state index in [0.717, 1.165) is 31.1 Å². The second kappa shape index (κ2) is 18.3. The zero-order chi connectivity index (χ0) is 31.9. The van der Waals surface area contributed by atoms with Crippen LogP contribution in [0.15, 0.2) is 23.1 Å². The highest BCUT2D eigenvalue weighted by Crippen LogP contribution is 2.30. The predicted molar refractivity (Wildman–Crippen MR) is 169 cm³/mol. The Morgan fingerprint density at radius 3 is 2.29 bits per heavy atom. The third-order valence-electron chi connectivity index (χ3n) is 7.93. The molecule has 3 heterocycles. The van der Waals surface area contributed by atoms with E-state index in [1.165, 1.54) is 0 Å². The Hall–Kier alpha value is -2.89. The number of carbonyl (C=O) groups excluding carboxylic acids is 1. The molecule has 0 radical (unpaired) electrons. The standard InChI is InChI=1S/C29H47N7O8S/c30-28(38)44-20-19-43-18-17-42-16-15-41-14-11-31-10-3-21-45(39,40)35-12-8-24(9-13-35)33-29-32-22-23-6-7-26(37)36(27(23)34-29)25-4-1-2-5-25/h6-7,22,24-25,31H,1-5,8-21H2,(H2,30,38)(H,32,33,34). The highest BCUT2D eigenvalue weighted by molar-refractivity contribution is 7.89. The van der Waals surface area contributed by atoms with Crippen LogP contribution in [0.25, 0.3) is 11.0 Å². The first kappa shape index (κ1) is 35.0. The monoisotopic (exact) mass is 653 g/mol. The Morgan fingerprint density at radius 2 is 1.60 bits per heavy atom. The summed E-state index contributed by atoms with van der Waals surface area (Å²) in [5.74, 6) is 0.565. The van der Waals surface area contributed by atoms with Crippen molar-refractivity contribution < 1.29 is 32.2 Å². The molecule has 2 aromatic rings. The Labute approximate surface area is 264 Å². The number of primary amides is 1. The van der Waals surface area contributed by atoms with Crippen molar-refractivity contribution in [2.45, 2.75) is 57.0 Å². The average molecular weight is 654 g/mol. The topological polar surface area (TPSA) is 189 Å². The molecule has 0 atom stereocenters. The number of nitrogens with two attached hydrogens (primary N) is 1. The molecule has 252 valence electrons. The summed E-state index contributed by atoms with van der Waals surface area (Å²) in [6.45, 7) is 4.63. The van der Waals surface area contributed by atoms with Crippen LogP contribution in [0.4, 0.5) is 10.7 Å². The first-order valence-electron chi connectivity index (χ1n) is 15.8. The van der Waals surface area contributed by atoms with Crippen molar-refractivity contribution in [2.24, 2.45) is 5.73 Å². The summed E-state index contributed by atoms with van der Waals surface area (Å²) in [7, 11) is -3.34. The zero-order valence-corrected chi connectivity index (χ0v) is 26.7. The van der Waals surface area contributed by atoms with Crippen molar-refractivity contribution in [1.82, 2.24) is 24.2 Å². The molecule has 0 spiro atoms. The Balaban J connectivity index is 1.06. The maximum Gasteiger partial charge on any atom is 0.404 e. The molecule has 1 aliphatic carbocycles. The van der Waals surface area contributed by atoms with Gasteiger partial charge in [0.25, 0.3) is 5.56 Å². The van der Waals surface area contributed by atoms with Gasteiger partial charge >= 0.3 is 6.09 Å². The molecule has 1 amide bonds. The zero-order valence-electron chi connectivity index (χ0n) is 25.9. The van der Waals surface area contributed by atoms with Crippen molar-refractivity contribution in [1.29, 1.82) is 0 Å². The molecular weight excluding hydrogens is 606 g/mol. The highest BCUT2D eigenvalue weighted by atomic mass is 32.2. The van der Waals surface area contributed by atoms with E-state index < -0.39 is 16.1 Å². The summed E-state index contributed by atoms with van der Waals surface area (Å²) in [6, 6.07) is 3.59. The minimum Gasteiger partial charge on any atom is -0.447 e. The quantitative estimate of drug-likeness (QED) is 0.174. The van der Waals surface area contributed by atoms with Gasteiger partial charge in [-0.25, -0.2) is 22.5 Å². The molecule has 1 aliphatic heterocycles. The summed E-state index contributed by atoms with van der Waals surface area (Å²) in [4.78, 5) is 32.3.